The number of esters is 2. The molecule has 1 aliphatic heterocycles. The van der Waals surface area contributed by atoms with Crippen LogP contribution in [0.2, 0.25) is 0 Å². The lowest BCUT2D eigenvalue weighted by atomic mass is 10.4. The second-order valence-corrected chi connectivity index (χ2v) is 2.38. The number of carbonyl (C=O) groups excluding carboxylic acids is 2. The van der Waals surface area contributed by atoms with E-state index >= 15 is 0 Å². The summed E-state index contributed by atoms with van der Waals surface area (Å²) in [4.78, 5) is 21.1. The van der Waals surface area contributed by atoms with E-state index in [1.807, 2.05) is 0 Å². The van der Waals surface area contributed by atoms with Crippen molar-refractivity contribution in [3.8, 4) is 0 Å². The van der Waals surface area contributed by atoms with Crippen molar-refractivity contribution in [3.63, 3.8) is 0 Å². The molecule has 0 aromatic heterocycles. The second kappa shape index (κ2) is 2.74. The molecule has 0 aromatic carbocycles. The lowest BCUT2D eigenvalue weighted by Crippen LogP contribution is -2.08. The van der Waals surface area contributed by atoms with E-state index in [1.165, 1.54) is 0 Å². The molecule has 0 bridgehead atoms. The molecule has 0 unspecified atom stereocenters. The van der Waals surface area contributed by atoms with Gasteiger partial charge in [0.15, 0.2) is 0 Å². The Balaban J connectivity index is 2.64. The van der Waals surface area contributed by atoms with Gasteiger partial charge in [-0.3, -0.25) is 0 Å². The van der Waals surface area contributed by atoms with Crippen molar-refractivity contribution in [2.45, 2.75) is 20.0 Å². The topological polar surface area (TPSA) is 52.6 Å². The fourth-order valence-corrected chi connectivity index (χ4v) is 0.673. The number of carbonyl (C=O) groups is 2. The van der Waals surface area contributed by atoms with Crippen LogP contribution in [0.5, 0.6) is 0 Å². The molecular weight excluding hydrogens is 148 g/mol. The van der Waals surface area contributed by atoms with E-state index in [1.54, 1.807) is 13.8 Å². The Morgan fingerprint density at radius 3 is 2.45 bits per heavy atom. The Morgan fingerprint density at radius 2 is 2.09 bits per heavy atom. The predicted molar refractivity (Wildman–Crippen MR) is 35.4 cm³/mol. The third kappa shape index (κ3) is 1.80. The summed E-state index contributed by atoms with van der Waals surface area (Å²) in [5.41, 5.74) is 0. The summed E-state index contributed by atoms with van der Waals surface area (Å²) >= 11 is 0. The van der Waals surface area contributed by atoms with Crippen LogP contribution in [0.4, 0.5) is 0 Å². The SMILES string of the molecule is CC(C)OC1=CC(=O)OC1=O. The molecule has 60 valence electrons. The van der Waals surface area contributed by atoms with Crippen LogP contribution in [0.25, 0.3) is 0 Å². The van der Waals surface area contributed by atoms with Crippen LogP contribution < -0.4 is 0 Å². The van der Waals surface area contributed by atoms with Crippen LogP contribution in [0.3, 0.4) is 0 Å². The highest BCUT2D eigenvalue weighted by molar-refractivity contribution is 6.07. The van der Waals surface area contributed by atoms with Crippen molar-refractivity contribution >= 4 is 11.9 Å². The van der Waals surface area contributed by atoms with Crippen LogP contribution >= 0.6 is 0 Å². The van der Waals surface area contributed by atoms with E-state index in [-0.39, 0.29) is 11.9 Å². The first-order valence-corrected chi connectivity index (χ1v) is 3.24. The highest BCUT2D eigenvalue weighted by Gasteiger charge is 2.25. The van der Waals surface area contributed by atoms with Gasteiger partial charge in [-0.1, -0.05) is 0 Å². The Labute approximate surface area is 63.8 Å². The van der Waals surface area contributed by atoms with Crippen molar-refractivity contribution < 1.29 is 19.1 Å². The Kier molecular flexibility index (Phi) is 1.94. The molecule has 4 nitrogen and oxygen atoms in total. The van der Waals surface area contributed by atoms with Crippen molar-refractivity contribution in [1.82, 2.24) is 0 Å². The minimum atomic E-state index is -0.705. The van der Waals surface area contributed by atoms with Gasteiger partial charge in [0.25, 0.3) is 0 Å². The minimum absolute atomic E-state index is 0.00926. The fraction of sp³-hybridized carbons (Fsp3) is 0.429. The lowest BCUT2D eigenvalue weighted by molar-refractivity contribution is -0.152. The van der Waals surface area contributed by atoms with Gasteiger partial charge in [-0.25, -0.2) is 9.59 Å². The molecule has 11 heavy (non-hydrogen) atoms. The van der Waals surface area contributed by atoms with Crippen molar-refractivity contribution in [2.24, 2.45) is 0 Å². The third-order valence-corrected chi connectivity index (χ3v) is 1.01. The van der Waals surface area contributed by atoms with Gasteiger partial charge in [-0.15, -0.1) is 0 Å². The van der Waals surface area contributed by atoms with Gasteiger partial charge in [-0.05, 0) is 13.8 Å². The van der Waals surface area contributed by atoms with E-state index < -0.39 is 11.9 Å². The van der Waals surface area contributed by atoms with Crippen LogP contribution in [-0.4, -0.2) is 18.0 Å². The minimum Gasteiger partial charge on any atom is -0.484 e. The lowest BCUT2D eigenvalue weighted by Gasteiger charge is -2.06. The maximum atomic E-state index is 10.7. The van der Waals surface area contributed by atoms with Crippen molar-refractivity contribution in [2.75, 3.05) is 0 Å². The maximum absolute atomic E-state index is 10.7. The van der Waals surface area contributed by atoms with E-state index in [0.717, 1.165) is 6.08 Å². The van der Waals surface area contributed by atoms with E-state index in [0.29, 0.717) is 0 Å². The summed E-state index contributed by atoms with van der Waals surface area (Å²) in [6.07, 6.45) is 0.919. The molecule has 0 atom stereocenters. The predicted octanol–water partition coefficient (Wildman–Crippen LogP) is 0.379. The molecule has 0 spiro atoms. The molecule has 1 heterocycles. The summed E-state index contributed by atoms with van der Waals surface area (Å²) in [6.45, 7) is 3.52. The summed E-state index contributed by atoms with van der Waals surface area (Å²) in [5.74, 6) is -1.38. The van der Waals surface area contributed by atoms with Crippen LogP contribution in [-0.2, 0) is 19.1 Å². The summed E-state index contributed by atoms with van der Waals surface area (Å²) < 4.78 is 9.14. The van der Waals surface area contributed by atoms with Gasteiger partial charge in [0.1, 0.15) is 0 Å². The molecule has 0 radical (unpaired) electrons. The molecular formula is C7H8O4. The van der Waals surface area contributed by atoms with Crippen molar-refractivity contribution in [1.29, 1.82) is 0 Å². The first kappa shape index (κ1) is 7.78. The molecule has 1 aliphatic rings. The number of hydrogen-bond acceptors (Lipinski definition) is 4. The molecule has 0 fully saturated rings. The molecule has 0 aromatic rings. The van der Waals surface area contributed by atoms with Gasteiger partial charge >= 0.3 is 11.9 Å². The average Bonchev–Trinajstić information content (AvgIpc) is 2.09. The van der Waals surface area contributed by atoms with Gasteiger partial charge in [0, 0.05) is 0 Å². The average molecular weight is 156 g/mol. The second-order valence-electron chi connectivity index (χ2n) is 2.38. The molecule has 4 heteroatoms. The fourth-order valence-electron chi connectivity index (χ4n) is 0.673. The number of cyclic esters (lactones) is 2. The van der Waals surface area contributed by atoms with Gasteiger partial charge in [-0.2, -0.15) is 0 Å². The number of hydrogen-bond donors (Lipinski definition) is 0. The number of rotatable bonds is 2. The van der Waals surface area contributed by atoms with Gasteiger partial charge in [0.2, 0.25) is 5.76 Å². The summed E-state index contributed by atoms with van der Waals surface area (Å²) in [6, 6.07) is 0. The van der Waals surface area contributed by atoms with E-state index in [9.17, 15) is 9.59 Å². The van der Waals surface area contributed by atoms with Crippen molar-refractivity contribution in [3.05, 3.63) is 11.8 Å². The Morgan fingerprint density at radius 1 is 1.45 bits per heavy atom. The standard InChI is InChI=1S/C7H8O4/c1-4(2)10-5-3-6(8)11-7(5)9/h3-4H,1-2H3. The Hall–Kier alpha value is -1.32. The van der Waals surface area contributed by atoms with Crippen LogP contribution in [0, 0.1) is 0 Å². The smallest absolute Gasteiger partial charge is 0.381 e. The molecule has 0 saturated heterocycles. The zero-order chi connectivity index (χ0) is 8.43. The zero-order valence-electron chi connectivity index (χ0n) is 6.29. The first-order valence-electron chi connectivity index (χ1n) is 3.24. The maximum Gasteiger partial charge on any atom is 0.381 e. The monoisotopic (exact) mass is 156 g/mol. The van der Waals surface area contributed by atoms with E-state index in [4.69, 9.17) is 4.74 Å². The zero-order valence-corrected chi connectivity index (χ0v) is 6.29. The molecule has 0 amide bonds. The highest BCUT2D eigenvalue weighted by Crippen LogP contribution is 2.11. The van der Waals surface area contributed by atoms with Gasteiger partial charge < -0.3 is 9.47 Å². The van der Waals surface area contributed by atoms with E-state index in [2.05, 4.69) is 4.74 Å². The largest absolute Gasteiger partial charge is 0.484 e. The molecule has 0 aliphatic carbocycles. The first-order chi connectivity index (χ1) is 5.09. The third-order valence-electron chi connectivity index (χ3n) is 1.01. The van der Waals surface area contributed by atoms with Crippen LogP contribution in [0.15, 0.2) is 11.8 Å². The quantitative estimate of drug-likeness (QED) is 0.428. The molecule has 0 N–H and O–H groups in total. The molecule has 0 saturated carbocycles. The van der Waals surface area contributed by atoms with Crippen LogP contribution in [0.1, 0.15) is 13.8 Å². The summed E-state index contributed by atoms with van der Waals surface area (Å²) in [7, 11) is 0. The van der Waals surface area contributed by atoms with Gasteiger partial charge in [0.05, 0.1) is 12.2 Å². The highest BCUT2D eigenvalue weighted by atomic mass is 16.6. The molecule has 1 rings (SSSR count). The summed E-state index contributed by atoms with van der Waals surface area (Å²) in [5, 5.41) is 0. The Bertz CT molecular complexity index is 227. The number of ether oxygens (including phenoxy) is 2. The normalized spacial score (nSPS) is 16.8.